The Labute approximate surface area is 272 Å². The highest BCUT2D eigenvalue weighted by atomic mass is 16.3. The predicted molar refractivity (Wildman–Crippen MR) is 200 cm³/mol. The molecule has 0 atom stereocenters. The van der Waals surface area contributed by atoms with Crippen molar-refractivity contribution in [2.45, 2.75) is 6.92 Å². The third-order valence-corrected chi connectivity index (χ3v) is 8.73. The van der Waals surface area contributed by atoms with Gasteiger partial charge in [0, 0.05) is 38.7 Å². The molecule has 0 radical (unpaired) electrons. The summed E-state index contributed by atoms with van der Waals surface area (Å²) in [6.07, 6.45) is 11.5. The largest absolute Gasteiger partial charge is 0.456 e. The van der Waals surface area contributed by atoms with Gasteiger partial charge in [0.2, 0.25) is 0 Å². The highest BCUT2D eigenvalue weighted by Gasteiger charge is 2.17. The lowest BCUT2D eigenvalue weighted by atomic mass is 10.0. The third kappa shape index (κ3) is 4.88. The highest BCUT2D eigenvalue weighted by Crippen LogP contribution is 2.38. The Morgan fingerprint density at radius 1 is 0.596 bits per heavy atom. The molecule has 0 aliphatic heterocycles. The Morgan fingerprint density at radius 2 is 1.28 bits per heavy atom. The summed E-state index contributed by atoms with van der Waals surface area (Å²) in [4.78, 5) is 8.94. The van der Waals surface area contributed by atoms with E-state index < -0.39 is 0 Å². The highest BCUT2D eigenvalue weighted by molar-refractivity contribution is 6.15. The van der Waals surface area contributed by atoms with E-state index >= 15 is 0 Å². The van der Waals surface area contributed by atoms with E-state index in [2.05, 4.69) is 130 Å². The quantitative estimate of drug-likeness (QED) is 0.106. The van der Waals surface area contributed by atoms with Crippen molar-refractivity contribution < 1.29 is 4.42 Å². The first kappa shape index (κ1) is 28.2. The van der Waals surface area contributed by atoms with Gasteiger partial charge in [-0.1, -0.05) is 97.1 Å². The zero-order chi connectivity index (χ0) is 31.7. The average molecular weight is 606 g/mol. The Morgan fingerprint density at radius 3 is 2.13 bits per heavy atom. The molecule has 0 saturated carbocycles. The van der Waals surface area contributed by atoms with Gasteiger partial charge in [-0.2, -0.15) is 0 Å². The summed E-state index contributed by atoms with van der Waals surface area (Å²) in [6.45, 7) is 5.82. The topological polar surface area (TPSA) is 42.8 Å². The van der Waals surface area contributed by atoms with E-state index in [-0.39, 0.29) is 0 Å². The van der Waals surface area contributed by atoms with E-state index in [4.69, 9.17) is 4.42 Å². The van der Waals surface area contributed by atoms with Crippen molar-refractivity contribution in [1.29, 1.82) is 0 Å². The lowest BCUT2D eigenvalue weighted by Gasteiger charge is -2.14. The minimum atomic E-state index is 0.580. The van der Waals surface area contributed by atoms with Crippen molar-refractivity contribution in [3.63, 3.8) is 0 Å². The predicted octanol–water partition coefficient (Wildman–Crippen LogP) is 11.6. The fourth-order valence-electron chi connectivity index (χ4n) is 6.59. The molecule has 2 heterocycles. The molecule has 0 unspecified atom stereocenters. The second-order valence-corrected chi connectivity index (χ2v) is 11.4. The molecule has 0 fully saturated rings. The molecule has 0 amide bonds. The summed E-state index contributed by atoms with van der Waals surface area (Å²) in [5, 5.41) is 6.85. The number of para-hydroxylation sites is 2. The molecule has 0 spiro atoms. The summed E-state index contributed by atoms with van der Waals surface area (Å²) in [6, 6.07) is 42.8. The van der Waals surface area contributed by atoms with Crippen molar-refractivity contribution >= 4 is 67.1 Å². The molecule has 0 aliphatic rings. The van der Waals surface area contributed by atoms with E-state index in [1.807, 2.05) is 49.4 Å². The second-order valence-electron chi connectivity index (χ2n) is 11.4. The van der Waals surface area contributed by atoms with Gasteiger partial charge in [-0.25, -0.2) is 9.98 Å². The number of fused-ring (bicyclic) bond motifs is 7. The van der Waals surface area contributed by atoms with Gasteiger partial charge in [-0.3, -0.25) is 0 Å². The van der Waals surface area contributed by atoms with Gasteiger partial charge >= 0.3 is 0 Å². The first-order valence-corrected chi connectivity index (χ1v) is 15.7. The van der Waals surface area contributed by atoms with Crippen LogP contribution in [0.2, 0.25) is 0 Å². The molecule has 4 heteroatoms. The first-order chi connectivity index (χ1) is 23.2. The van der Waals surface area contributed by atoms with E-state index in [1.165, 1.54) is 10.8 Å². The Bertz CT molecular complexity index is 2610. The number of furan rings is 1. The summed E-state index contributed by atoms with van der Waals surface area (Å²) in [5.74, 6) is 0.580. The van der Waals surface area contributed by atoms with Crippen molar-refractivity contribution in [2.24, 2.45) is 9.98 Å². The summed E-state index contributed by atoms with van der Waals surface area (Å²) < 4.78 is 8.59. The van der Waals surface area contributed by atoms with Crippen LogP contribution in [0.5, 0.6) is 0 Å². The minimum absolute atomic E-state index is 0.580. The first-order valence-electron chi connectivity index (χ1n) is 15.7. The lowest BCUT2D eigenvalue weighted by molar-refractivity contribution is 0.669. The molecule has 0 bridgehead atoms. The van der Waals surface area contributed by atoms with E-state index in [0.717, 1.165) is 66.1 Å². The maximum Gasteiger partial charge on any atom is 0.159 e. The number of hydrogen-bond donors (Lipinski definition) is 0. The summed E-state index contributed by atoms with van der Waals surface area (Å²) in [7, 11) is 0. The van der Waals surface area contributed by atoms with Crippen LogP contribution in [0.3, 0.4) is 0 Å². The normalized spacial score (nSPS) is 12.7. The van der Waals surface area contributed by atoms with Gasteiger partial charge < -0.3 is 8.98 Å². The van der Waals surface area contributed by atoms with Crippen LogP contribution in [0.15, 0.2) is 172 Å². The maximum absolute atomic E-state index is 6.22. The van der Waals surface area contributed by atoms with Gasteiger partial charge in [-0.05, 0) is 84.8 Å². The van der Waals surface area contributed by atoms with E-state index in [0.29, 0.717) is 5.84 Å². The molecule has 4 nitrogen and oxygen atoms in total. The van der Waals surface area contributed by atoms with Crippen LogP contribution in [0.4, 0.5) is 0 Å². The minimum Gasteiger partial charge on any atom is -0.456 e. The Kier molecular flexibility index (Phi) is 7.16. The van der Waals surface area contributed by atoms with Crippen LogP contribution in [-0.4, -0.2) is 17.1 Å². The maximum atomic E-state index is 6.22. The zero-order valence-corrected chi connectivity index (χ0v) is 26.0. The average Bonchev–Trinajstić information content (AvgIpc) is 3.66. The van der Waals surface area contributed by atoms with Crippen molar-refractivity contribution in [3.05, 3.63) is 163 Å². The molecular formula is C43H31N3O. The fourth-order valence-corrected chi connectivity index (χ4v) is 6.59. The molecule has 8 aromatic rings. The number of benzene rings is 6. The molecular weight excluding hydrogens is 574 g/mol. The fraction of sp³-hybridized carbons (Fsp3) is 0.0233. The van der Waals surface area contributed by atoms with Gasteiger partial charge in [0.1, 0.15) is 11.2 Å². The van der Waals surface area contributed by atoms with Crippen LogP contribution >= 0.6 is 0 Å². The van der Waals surface area contributed by atoms with Crippen LogP contribution < -0.4 is 0 Å². The molecule has 8 rings (SSSR count). The number of allylic oxidation sites excluding steroid dienone is 5. The lowest BCUT2D eigenvalue weighted by Crippen LogP contribution is -2.01. The van der Waals surface area contributed by atoms with Gasteiger partial charge in [0.05, 0.1) is 16.7 Å². The van der Waals surface area contributed by atoms with Crippen LogP contribution in [-0.2, 0) is 0 Å². The number of rotatable bonds is 6. The van der Waals surface area contributed by atoms with Gasteiger partial charge in [0.15, 0.2) is 5.84 Å². The van der Waals surface area contributed by atoms with Crippen LogP contribution in [0, 0.1) is 0 Å². The number of aliphatic imine (C=N–C) groups is 2. The molecule has 0 N–H and O–H groups in total. The molecule has 47 heavy (non-hydrogen) atoms. The summed E-state index contributed by atoms with van der Waals surface area (Å²) >= 11 is 0. The number of aromatic nitrogens is 1. The Hall–Kier alpha value is -6.26. The number of nitrogens with zero attached hydrogens (tertiary/aromatic N) is 3. The zero-order valence-electron chi connectivity index (χ0n) is 26.0. The molecule has 0 aliphatic carbocycles. The summed E-state index contributed by atoms with van der Waals surface area (Å²) in [5.41, 5.74) is 8.41. The monoisotopic (exact) mass is 605 g/mol. The van der Waals surface area contributed by atoms with Crippen LogP contribution in [0.1, 0.15) is 12.5 Å². The molecule has 224 valence electrons. The van der Waals surface area contributed by atoms with E-state index in [1.54, 1.807) is 6.20 Å². The Balaban J connectivity index is 1.27. The van der Waals surface area contributed by atoms with Crippen LogP contribution in [0.25, 0.3) is 71.3 Å². The van der Waals surface area contributed by atoms with Gasteiger partial charge in [-0.15, -0.1) is 0 Å². The smallest absolute Gasteiger partial charge is 0.159 e. The molecule has 2 aromatic heterocycles. The van der Waals surface area contributed by atoms with Crippen molar-refractivity contribution in [1.82, 2.24) is 4.57 Å². The number of hydrogen-bond acceptors (Lipinski definition) is 2. The SMILES string of the molecule is C=N\C(=N/C=C\C=C/C=C/C)c1ccc(-n2c3ccccc3c3cc(-c4ccc5c(c4)oc4ccccc45)ccc32)c2ccccc12. The third-order valence-electron chi connectivity index (χ3n) is 8.73. The number of amidine groups is 1. The standard InChI is InChI=1S/C43H31N3O/c1-3-4-5-6-13-26-45-43(44-2)36-23-25-39(32-15-8-7-14-31(32)36)46-38-18-11-9-16-33(38)37-27-29(21-24-40(37)46)30-20-22-35-34-17-10-12-19-41(34)47-42(35)28-30/h3-28H,2H2,1H3/b4-3+,6-5-,26-13-,45-43-. The second kappa shape index (κ2) is 11.9. The van der Waals surface area contributed by atoms with Gasteiger partial charge in [0.25, 0.3) is 0 Å². The van der Waals surface area contributed by atoms with E-state index in [9.17, 15) is 0 Å². The molecule has 0 saturated heterocycles. The molecule has 6 aromatic carbocycles. The van der Waals surface area contributed by atoms with Crippen molar-refractivity contribution in [2.75, 3.05) is 0 Å². The van der Waals surface area contributed by atoms with Crippen molar-refractivity contribution in [3.8, 4) is 16.8 Å².